The smallest absolute Gasteiger partial charge is 0.0443 e. The quantitative estimate of drug-likeness (QED) is 0.333. The van der Waals surface area contributed by atoms with Crippen molar-refractivity contribution in [2.45, 2.75) is 31.7 Å². The first-order valence-corrected chi connectivity index (χ1v) is 8.17. The van der Waals surface area contributed by atoms with Crippen LogP contribution in [0.1, 0.15) is 25.0 Å². The molecular weight excluding hydrogens is 362 g/mol. The van der Waals surface area contributed by atoms with Crippen LogP contribution in [0.3, 0.4) is 0 Å². The predicted octanol–water partition coefficient (Wildman–Crippen LogP) is 6.30. The molecule has 2 aromatic carbocycles. The molecule has 2 aromatic rings. The Morgan fingerprint density at radius 3 is 2.55 bits per heavy atom. The molecule has 5 heteroatoms. The summed E-state index contributed by atoms with van der Waals surface area (Å²) in [6.45, 7) is 4.08. The zero-order valence-electron chi connectivity index (χ0n) is 12.5. The molecule has 22 heavy (non-hydrogen) atoms. The molecule has 2 rings (SSSR count). The van der Waals surface area contributed by atoms with Crippen molar-refractivity contribution in [3.63, 3.8) is 0 Å². The van der Waals surface area contributed by atoms with Gasteiger partial charge >= 0.3 is 0 Å². The Labute approximate surface area is 144 Å². The van der Waals surface area contributed by atoms with Crippen LogP contribution < -0.4 is 0 Å². The van der Waals surface area contributed by atoms with E-state index in [-0.39, 0.29) is 11.5 Å². The maximum atomic E-state index is 8.84. The summed E-state index contributed by atoms with van der Waals surface area (Å²) in [6, 6.07) is 15.8. The van der Waals surface area contributed by atoms with Gasteiger partial charge in [0.2, 0.25) is 0 Å². The van der Waals surface area contributed by atoms with Gasteiger partial charge in [-0.1, -0.05) is 70.8 Å². The van der Waals surface area contributed by atoms with Crippen molar-refractivity contribution in [2.24, 2.45) is 5.11 Å². The van der Waals surface area contributed by atoms with Crippen LogP contribution in [0.4, 0.5) is 0 Å². The summed E-state index contributed by atoms with van der Waals surface area (Å²) in [6.07, 6.45) is 0.765. The average molecular weight is 379 g/mol. The second-order valence-electron chi connectivity index (χ2n) is 5.61. The van der Waals surface area contributed by atoms with Gasteiger partial charge in [0.05, 0.1) is 0 Å². The van der Waals surface area contributed by atoms with E-state index in [0.717, 1.165) is 27.0 Å². The van der Waals surface area contributed by atoms with Crippen LogP contribution >= 0.6 is 27.5 Å². The Morgan fingerprint density at radius 1 is 1.27 bits per heavy atom. The third-order valence-corrected chi connectivity index (χ3v) is 4.86. The van der Waals surface area contributed by atoms with E-state index in [1.165, 1.54) is 0 Å². The Balaban J connectivity index is 2.45. The highest BCUT2D eigenvalue weighted by atomic mass is 79.9. The SMILES string of the molecule is CC(N=[N+]=[N-])C(C)(Cc1ccc(Cl)cc1)c1cccc(Br)c1. The number of hydrogen-bond donors (Lipinski definition) is 0. The van der Waals surface area contributed by atoms with Crippen molar-refractivity contribution in [3.8, 4) is 0 Å². The summed E-state index contributed by atoms with van der Waals surface area (Å²) in [5.41, 5.74) is 10.8. The highest BCUT2D eigenvalue weighted by Gasteiger charge is 2.33. The molecule has 0 N–H and O–H groups in total. The topological polar surface area (TPSA) is 48.8 Å². The number of azide groups is 1. The number of rotatable bonds is 5. The summed E-state index contributed by atoms with van der Waals surface area (Å²) >= 11 is 9.48. The zero-order chi connectivity index (χ0) is 16.2. The van der Waals surface area contributed by atoms with E-state index in [1.54, 1.807) is 0 Å². The van der Waals surface area contributed by atoms with Crippen LogP contribution in [0.15, 0.2) is 58.1 Å². The molecule has 0 saturated heterocycles. The van der Waals surface area contributed by atoms with Gasteiger partial charge in [-0.2, -0.15) is 0 Å². The number of nitrogens with zero attached hydrogens (tertiary/aromatic N) is 3. The Morgan fingerprint density at radius 2 is 1.95 bits per heavy atom. The van der Waals surface area contributed by atoms with Gasteiger partial charge in [-0.15, -0.1) is 0 Å². The lowest BCUT2D eigenvalue weighted by Crippen LogP contribution is -2.35. The van der Waals surface area contributed by atoms with Gasteiger partial charge in [0.1, 0.15) is 0 Å². The van der Waals surface area contributed by atoms with Gasteiger partial charge in [0.25, 0.3) is 0 Å². The minimum absolute atomic E-state index is 0.178. The first-order chi connectivity index (χ1) is 10.5. The van der Waals surface area contributed by atoms with Crippen molar-refractivity contribution in [1.82, 2.24) is 0 Å². The van der Waals surface area contributed by atoms with Crippen molar-refractivity contribution < 1.29 is 0 Å². The highest BCUT2D eigenvalue weighted by molar-refractivity contribution is 9.10. The summed E-state index contributed by atoms with van der Waals surface area (Å²) in [5.74, 6) is 0. The summed E-state index contributed by atoms with van der Waals surface area (Å²) in [4.78, 5) is 3.00. The van der Waals surface area contributed by atoms with Crippen molar-refractivity contribution >= 4 is 27.5 Å². The molecule has 0 bridgehead atoms. The van der Waals surface area contributed by atoms with E-state index in [9.17, 15) is 0 Å². The molecule has 114 valence electrons. The molecule has 0 aromatic heterocycles. The lowest BCUT2D eigenvalue weighted by molar-refractivity contribution is 0.390. The second-order valence-corrected chi connectivity index (χ2v) is 6.96. The van der Waals surface area contributed by atoms with Gasteiger partial charge in [-0.05, 0) is 47.3 Å². The monoisotopic (exact) mass is 377 g/mol. The number of benzene rings is 2. The van der Waals surface area contributed by atoms with E-state index in [4.69, 9.17) is 17.1 Å². The van der Waals surface area contributed by atoms with Gasteiger partial charge in [-0.3, -0.25) is 0 Å². The van der Waals surface area contributed by atoms with E-state index < -0.39 is 0 Å². The standard InChI is InChI=1S/C17H17BrClN3/c1-12(21-22-20)17(2,14-4-3-5-15(18)10-14)11-13-6-8-16(19)9-7-13/h3-10,12H,11H2,1-2H3. The third kappa shape index (κ3) is 3.83. The minimum Gasteiger partial charge on any atom is -0.0900 e. The molecule has 0 aliphatic heterocycles. The molecule has 0 fully saturated rings. The van der Waals surface area contributed by atoms with Crippen LogP contribution in [0.25, 0.3) is 10.4 Å². The van der Waals surface area contributed by atoms with E-state index in [2.05, 4.69) is 45.0 Å². The molecule has 0 amide bonds. The van der Waals surface area contributed by atoms with Crippen LogP contribution in [0, 0.1) is 0 Å². The Hall–Kier alpha value is -1.48. The molecule has 0 aliphatic carbocycles. The van der Waals surface area contributed by atoms with Crippen LogP contribution in [0.5, 0.6) is 0 Å². The summed E-state index contributed by atoms with van der Waals surface area (Å²) < 4.78 is 1.01. The zero-order valence-corrected chi connectivity index (χ0v) is 14.8. The Bertz CT molecular complexity index is 695. The second kappa shape index (κ2) is 7.19. The number of halogens is 2. The van der Waals surface area contributed by atoms with Crippen LogP contribution in [-0.4, -0.2) is 6.04 Å². The minimum atomic E-state index is -0.302. The molecule has 0 spiro atoms. The molecule has 2 unspecified atom stereocenters. The maximum absolute atomic E-state index is 8.84. The fourth-order valence-corrected chi connectivity index (χ4v) is 3.09. The molecule has 0 heterocycles. The summed E-state index contributed by atoms with van der Waals surface area (Å²) in [5, 5.41) is 4.67. The van der Waals surface area contributed by atoms with Crippen molar-refractivity contribution in [1.29, 1.82) is 0 Å². The predicted molar refractivity (Wildman–Crippen MR) is 95.3 cm³/mol. The first-order valence-electron chi connectivity index (χ1n) is 7.00. The molecule has 3 nitrogen and oxygen atoms in total. The molecular formula is C17H17BrClN3. The van der Waals surface area contributed by atoms with Gasteiger partial charge in [-0.25, -0.2) is 0 Å². The lowest BCUT2D eigenvalue weighted by Gasteiger charge is -2.34. The normalized spacial score (nSPS) is 14.7. The van der Waals surface area contributed by atoms with Crippen LogP contribution in [0.2, 0.25) is 5.02 Å². The fourth-order valence-electron chi connectivity index (χ4n) is 2.57. The van der Waals surface area contributed by atoms with Crippen LogP contribution in [-0.2, 0) is 11.8 Å². The molecule has 2 atom stereocenters. The van der Waals surface area contributed by atoms with E-state index >= 15 is 0 Å². The first kappa shape index (κ1) is 16.9. The van der Waals surface area contributed by atoms with Gasteiger partial charge in [0, 0.05) is 25.9 Å². The number of hydrogen-bond acceptors (Lipinski definition) is 1. The Kier molecular flexibility index (Phi) is 5.52. The van der Waals surface area contributed by atoms with Crippen molar-refractivity contribution in [2.75, 3.05) is 0 Å². The largest absolute Gasteiger partial charge is 0.0900 e. The molecule has 0 saturated carbocycles. The van der Waals surface area contributed by atoms with E-state index in [1.807, 2.05) is 43.3 Å². The van der Waals surface area contributed by atoms with Gasteiger partial charge < -0.3 is 0 Å². The summed E-state index contributed by atoms with van der Waals surface area (Å²) in [7, 11) is 0. The highest BCUT2D eigenvalue weighted by Crippen LogP contribution is 2.35. The molecule has 0 radical (unpaired) electrons. The average Bonchev–Trinajstić information content (AvgIpc) is 2.50. The van der Waals surface area contributed by atoms with E-state index in [0.29, 0.717) is 0 Å². The third-order valence-electron chi connectivity index (χ3n) is 4.12. The lowest BCUT2D eigenvalue weighted by atomic mass is 9.72. The van der Waals surface area contributed by atoms with Crippen molar-refractivity contribution in [3.05, 3.63) is 79.6 Å². The molecule has 0 aliphatic rings. The maximum Gasteiger partial charge on any atom is 0.0443 e. The van der Waals surface area contributed by atoms with Gasteiger partial charge in [0.15, 0.2) is 0 Å². The fraction of sp³-hybridized carbons (Fsp3) is 0.294.